The average Bonchev–Trinajstić information content (AvgIpc) is 3.21. The van der Waals surface area contributed by atoms with E-state index in [0.717, 1.165) is 37.1 Å². The molecule has 2 aliphatic heterocycles. The fourth-order valence-corrected chi connectivity index (χ4v) is 10.1. The first kappa shape index (κ1) is 32.4. The van der Waals surface area contributed by atoms with Gasteiger partial charge in [-0.25, -0.2) is 13.6 Å². The van der Waals surface area contributed by atoms with Crippen LogP contribution in [-0.4, -0.2) is 51.3 Å². The molecule has 15 heteroatoms. The summed E-state index contributed by atoms with van der Waals surface area (Å²) >= 11 is 1.77. The normalized spacial score (nSPS) is 20.5. The molecular weight excluding hydrogens is 672 g/mol. The molecular formula is C33H29F5N6O2S2. The van der Waals surface area contributed by atoms with Crippen molar-refractivity contribution in [3.63, 3.8) is 0 Å². The predicted octanol–water partition coefficient (Wildman–Crippen LogP) is 6.92. The third-order valence-electron chi connectivity index (χ3n) is 9.84. The number of carbonyl (C=O) groups excluding carboxylic acids is 1. The first-order valence-corrected chi connectivity index (χ1v) is 17.1. The van der Waals surface area contributed by atoms with Gasteiger partial charge in [-0.3, -0.25) is 9.36 Å². The summed E-state index contributed by atoms with van der Waals surface area (Å²) < 4.78 is 78.4. The Labute approximate surface area is 279 Å². The third-order valence-corrected chi connectivity index (χ3v) is 12.3. The second-order valence-corrected chi connectivity index (χ2v) is 14.9. The second kappa shape index (κ2) is 11.2. The molecule has 2 N–H and O–H groups in total. The highest BCUT2D eigenvalue weighted by molar-refractivity contribution is 7.99. The third kappa shape index (κ3) is 4.78. The van der Waals surface area contributed by atoms with Crippen LogP contribution < -0.4 is 16.3 Å². The summed E-state index contributed by atoms with van der Waals surface area (Å²) in [5.74, 6) is -2.24. The second-order valence-electron chi connectivity index (χ2n) is 12.9. The van der Waals surface area contributed by atoms with Gasteiger partial charge in [-0.05, 0) is 44.2 Å². The van der Waals surface area contributed by atoms with Crippen LogP contribution in [0.1, 0.15) is 44.2 Å². The van der Waals surface area contributed by atoms with Gasteiger partial charge in [0.2, 0.25) is 5.91 Å². The van der Waals surface area contributed by atoms with Crippen LogP contribution >= 0.6 is 23.1 Å². The maximum Gasteiger partial charge on any atom is 0.417 e. The maximum absolute atomic E-state index is 16.1. The van der Waals surface area contributed by atoms with Crippen molar-refractivity contribution in [3.8, 4) is 17.2 Å². The zero-order valence-corrected chi connectivity index (χ0v) is 27.5. The molecule has 4 heterocycles. The van der Waals surface area contributed by atoms with Gasteiger partial charge in [-0.2, -0.15) is 23.4 Å². The highest BCUT2D eigenvalue weighted by Gasteiger charge is 2.45. The lowest BCUT2D eigenvalue weighted by Gasteiger charge is -2.45. The number of alkyl halides is 3. The minimum Gasteiger partial charge on any atom is -0.389 e. The first-order chi connectivity index (χ1) is 22.7. The SMILES string of the molecule is C=CC(=O)N1C(C)CN(c2nc(=O)n3c4c(c(-c5c(F)cc(F)c6sc(N)c(C#N)c56)c(C(F)(F)F)cc24)SCC2(CCC2)C3)CC1C. The molecule has 3 aliphatic rings. The van der Waals surface area contributed by atoms with Gasteiger partial charge in [0.1, 0.15) is 28.5 Å². The van der Waals surface area contributed by atoms with Gasteiger partial charge < -0.3 is 15.5 Å². The topological polar surface area (TPSA) is 108 Å². The molecule has 2 aromatic heterocycles. The van der Waals surface area contributed by atoms with E-state index in [2.05, 4.69) is 11.6 Å². The molecule has 4 aromatic rings. The molecule has 1 saturated carbocycles. The van der Waals surface area contributed by atoms with Gasteiger partial charge in [-0.1, -0.05) is 13.0 Å². The number of hydrogen-bond donors (Lipinski definition) is 1. The lowest BCUT2D eigenvalue weighted by Crippen LogP contribution is -2.58. The number of fused-ring (bicyclic) bond motifs is 1. The van der Waals surface area contributed by atoms with Crippen LogP contribution in [0, 0.1) is 28.4 Å². The Morgan fingerprint density at radius 3 is 2.44 bits per heavy atom. The number of halogens is 5. The highest BCUT2D eigenvalue weighted by atomic mass is 32.2. The Bertz CT molecular complexity index is 2150. The number of rotatable bonds is 3. The van der Waals surface area contributed by atoms with E-state index in [-0.39, 0.29) is 73.2 Å². The van der Waals surface area contributed by atoms with Crippen molar-refractivity contribution < 1.29 is 26.7 Å². The van der Waals surface area contributed by atoms with Crippen LogP contribution in [-0.2, 0) is 17.5 Å². The van der Waals surface area contributed by atoms with Gasteiger partial charge >= 0.3 is 11.9 Å². The quantitative estimate of drug-likeness (QED) is 0.183. The zero-order valence-electron chi connectivity index (χ0n) is 25.9. The smallest absolute Gasteiger partial charge is 0.389 e. The molecule has 8 nitrogen and oxygen atoms in total. The molecule has 250 valence electrons. The van der Waals surface area contributed by atoms with Crippen LogP contribution in [0.25, 0.3) is 32.1 Å². The Morgan fingerprint density at radius 1 is 1.17 bits per heavy atom. The molecule has 2 unspecified atom stereocenters. The Kier molecular flexibility index (Phi) is 7.56. The van der Waals surface area contributed by atoms with Crippen molar-refractivity contribution in [1.29, 1.82) is 5.26 Å². The van der Waals surface area contributed by atoms with Crippen molar-refractivity contribution in [1.82, 2.24) is 14.5 Å². The number of nitrogens with two attached hydrogens (primary N) is 1. The van der Waals surface area contributed by atoms with Gasteiger partial charge in [0, 0.05) is 70.3 Å². The summed E-state index contributed by atoms with van der Waals surface area (Å²) in [4.78, 5) is 34.3. The molecule has 48 heavy (non-hydrogen) atoms. The van der Waals surface area contributed by atoms with E-state index in [1.165, 1.54) is 10.6 Å². The number of nitriles is 1. The summed E-state index contributed by atoms with van der Waals surface area (Å²) in [5.41, 5.74) is 2.44. The lowest BCUT2D eigenvalue weighted by molar-refractivity contribution is -0.137. The molecule has 1 spiro atoms. The van der Waals surface area contributed by atoms with E-state index in [4.69, 9.17) is 5.73 Å². The molecule has 1 amide bonds. The van der Waals surface area contributed by atoms with Crippen LogP contribution in [0.5, 0.6) is 0 Å². The van der Waals surface area contributed by atoms with Gasteiger partial charge in [-0.15, -0.1) is 23.1 Å². The highest BCUT2D eigenvalue weighted by Crippen LogP contribution is 2.56. The maximum atomic E-state index is 16.1. The summed E-state index contributed by atoms with van der Waals surface area (Å²) in [5, 5.41) is 9.50. The molecule has 7 rings (SSSR count). The Hall–Kier alpha value is -4.16. The van der Waals surface area contributed by atoms with Gasteiger partial charge in [0.25, 0.3) is 0 Å². The summed E-state index contributed by atoms with van der Waals surface area (Å²) in [6.45, 7) is 7.73. The number of carbonyl (C=O) groups is 1. The number of hydrogen-bond acceptors (Lipinski definition) is 8. The summed E-state index contributed by atoms with van der Waals surface area (Å²) in [7, 11) is 0. The van der Waals surface area contributed by atoms with E-state index >= 15 is 22.0 Å². The largest absolute Gasteiger partial charge is 0.417 e. The molecule has 1 aliphatic carbocycles. The van der Waals surface area contributed by atoms with Crippen LogP contribution in [0.2, 0.25) is 0 Å². The fraction of sp³-hybridized carbons (Fsp3) is 0.394. The average molecular weight is 701 g/mol. The van der Waals surface area contributed by atoms with E-state index in [0.29, 0.717) is 23.2 Å². The van der Waals surface area contributed by atoms with Crippen LogP contribution in [0.3, 0.4) is 0 Å². The monoisotopic (exact) mass is 700 g/mol. The zero-order chi connectivity index (χ0) is 34.4. The minimum atomic E-state index is -5.05. The molecule has 2 fully saturated rings. The van der Waals surface area contributed by atoms with Crippen LogP contribution in [0.4, 0.5) is 32.8 Å². The molecule has 2 aromatic carbocycles. The number of amides is 1. The van der Waals surface area contributed by atoms with Crippen LogP contribution in [0.15, 0.2) is 34.5 Å². The van der Waals surface area contributed by atoms with E-state index < -0.39 is 52.3 Å². The van der Waals surface area contributed by atoms with Crippen molar-refractivity contribution in [3.05, 3.63) is 58.0 Å². The van der Waals surface area contributed by atoms with Crippen molar-refractivity contribution in [2.45, 2.75) is 62.8 Å². The number of nitrogens with zero attached hydrogens (tertiary/aromatic N) is 5. The number of benzene rings is 2. The minimum absolute atomic E-state index is 0.00591. The number of nitrogen functional groups attached to an aromatic ring is 1. The summed E-state index contributed by atoms with van der Waals surface area (Å²) in [6, 6.07) is 2.45. The molecule has 0 bridgehead atoms. The van der Waals surface area contributed by atoms with Crippen molar-refractivity contribution in [2.24, 2.45) is 5.41 Å². The summed E-state index contributed by atoms with van der Waals surface area (Å²) in [6.07, 6.45) is -1.47. The molecule has 1 saturated heterocycles. The van der Waals surface area contributed by atoms with E-state index in [1.54, 1.807) is 23.6 Å². The number of anilines is 2. The number of piperazine rings is 1. The molecule has 2 atom stereocenters. The van der Waals surface area contributed by atoms with Gasteiger partial charge in [0.15, 0.2) is 0 Å². The first-order valence-electron chi connectivity index (χ1n) is 15.3. The van der Waals surface area contributed by atoms with E-state index in [9.17, 15) is 14.9 Å². The fourth-order valence-electron chi connectivity index (χ4n) is 7.59. The Balaban J connectivity index is 1.59. The van der Waals surface area contributed by atoms with Crippen molar-refractivity contribution in [2.75, 3.05) is 29.5 Å². The molecule has 0 radical (unpaired) electrons. The van der Waals surface area contributed by atoms with E-state index in [1.807, 2.05) is 6.07 Å². The number of thioether (sulfide) groups is 1. The number of thiophene rings is 1. The van der Waals surface area contributed by atoms with Gasteiger partial charge in [0.05, 0.1) is 21.3 Å². The predicted molar refractivity (Wildman–Crippen MR) is 176 cm³/mol. The Morgan fingerprint density at radius 2 is 1.85 bits per heavy atom. The lowest BCUT2D eigenvalue weighted by atomic mass is 9.70. The number of aromatic nitrogens is 2. The van der Waals surface area contributed by atoms with Crippen molar-refractivity contribution >= 4 is 60.8 Å². The standard InChI is InChI=1S/C33H29F5N6O2S2/c1-4-22(45)44-15(2)11-42(12-16(44)3)30-17-8-19(33(36,37)38)24(25-20(34)9-21(35)27-23(25)18(10-39)29(40)48-27)28-26(17)43(31(46)41-30)13-32(14-47-28)6-5-7-32/h4,8-9,15-16H,1,5-7,11-14,40H2,2-3H3.